The molecule has 1 heterocycles. The van der Waals surface area contributed by atoms with Crippen LogP contribution in [0.4, 0.5) is 0 Å². The summed E-state index contributed by atoms with van der Waals surface area (Å²) in [6, 6.07) is 4.10. The Morgan fingerprint density at radius 3 is 2.09 bits per heavy atom. The van der Waals surface area contributed by atoms with Crippen molar-refractivity contribution < 1.29 is 14.3 Å². The number of carbonyl (C=O) groups excluding carboxylic acids is 1. The second kappa shape index (κ2) is 8.25. The van der Waals surface area contributed by atoms with Gasteiger partial charge in [0.25, 0.3) is 5.91 Å². The summed E-state index contributed by atoms with van der Waals surface area (Å²) < 4.78 is 10.7. The second-order valence-electron chi connectivity index (χ2n) is 5.36. The number of carbonyl (C=O) groups is 1. The maximum Gasteiger partial charge on any atom is 0.254 e. The number of hydrogen-bond donors (Lipinski definition) is 1. The number of rotatable bonds is 4. The molecule has 1 aliphatic heterocycles. The lowest BCUT2D eigenvalue weighted by Crippen LogP contribution is -2.43. The largest absolute Gasteiger partial charge is 0.496 e. The molecule has 1 aromatic carbocycles. The SMILES string of the molecule is CNC1CCN(C(=O)c2cc(OC)c(C)c(OC)c2)CC1.Cl. The van der Waals surface area contributed by atoms with E-state index < -0.39 is 0 Å². The van der Waals surface area contributed by atoms with Gasteiger partial charge in [-0.25, -0.2) is 0 Å². The summed E-state index contributed by atoms with van der Waals surface area (Å²) in [7, 11) is 5.18. The molecule has 0 spiro atoms. The highest BCUT2D eigenvalue weighted by atomic mass is 35.5. The first-order chi connectivity index (χ1) is 10.1. The molecular weight excluding hydrogens is 304 g/mol. The van der Waals surface area contributed by atoms with Gasteiger partial charge in [-0.2, -0.15) is 0 Å². The van der Waals surface area contributed by atoms with Gasteiger partial charge in [0, 0.05) is 30.3 Å². The molecule has 0 radical (unpaired) electrons. The lowest BCUT2D eigenvalue weighted by atomic mass is 10.0. The molecule has 0 aliphatic carbocycles. The number of piperidine rings is 1. The molecule has 124 valence electrons. The van der Waals surface area contributed by atoms with Gasteiger partial charge >= 0.3 is 0 Å². The van der Waals surface area contributed by atoms with Crippen molar-refractivity contribution in [1.82, 2.24) is 10.2 Å². The van der Waals surface area contributed by atoms with Gasteiger partial charge in [-0.3, -0.25) is 4.79 Å². The zero-order valence-corrected chi connectivity index (χ0v) is 14.5. The molecule has 0 bridgehead atoms. The first-order valence-electron chi connectivity index (χ1n) is 7.29. The zero-order valence-electron chi connectivity index (χ0n) is 13.6. The molecule has 5 nitrogen and oxygen atoms in total. The standard InChI is InChI=1S/C16H24N2O3.ClH/c1-11-14(20-3)9-12(10-15(11)21-4)16(19)18-7-5-13(17-2)6-8-18;/h9-10,13,17H,5-8H2,1-4H3;1H. The van der Waals surface area contributed by atoms with Crippen molar-refractivity contribution in [3.8, 4) is 11.5 Å². The average molecular weight is 329 g/mol. The highest BCUT2D eigenvalue weighted by molar-refractivity contribution is 5.95. The van der Waals surface area contributed by atoms with Crippen LogP contribution in [0.25, 0.3) is 0 Å². The highest BCUT2D eigenvalue weighted by Crippen LogP contribution is 2.30. The fourth-order valence-electron chi connectivity index (χ4n) is 2.76. The number of methoxy groups -OCH3 is 2. The molecule has 1 saturated heterocycles. The van der Waals surface area contributed by atoms with Crippen LogP contribution in [0.1, 0.15) is 28.8 Å². The number of hydrogen-bond acceptors (Lipinski definition) is 4. The Morgan fingerprint density at radius 2 is 1.68 bits per heavy atom. The molecule has 1 fully saturated rings. The topological polar surface area (TPSA) is 50.8 Å². The van der Waals surface area contributed by atoms with Crippen LogP contribution < -0.4 is 14.8 Å². The van der Waals surface area contributed by atoms with Crippen LogP contribution >= 0.6 is 12.4 Å². The number of nitrogens with zero attached hydrogens (tertiary/aromatic N) is 1. The molecular formula is C16H25ClN2O3. The lowest BCUT2D eigenvalue weighted by Gasteiger charge is -2.32. The predicted octanol–water partition coefficient (Wildman–Crippen LogP) is 2.26. The minimum Gasteiger partial charge on any atom is -0.496 e. The lowest BCUT2D eigenvalue weighted by molar-refractivity contribution is 0.0706. The van der Waals surface area contributed by atoms with E-state index in [1.807, 2.05) is 18.9 Å². The Bertz CT molecular complexity index is 489. The van der Waals surface area contributed by atoms with E-state index in [-0.39, 0.29) is 18.3 Å². The van der Waals surface area contributed by atoms with E-state index >= 15 is 0 Å². The van der Waals surface area contributed by atoms with Crippen LogP contribution in [0.15, 0.2) is 12.1 Å². The molecule has 2 rings (SSSR count). The minimum atomic E-state index is 0. The van der Waals surface area contributed by atoms with Gasteiger partial charge in [0.15, 0.2) is 0 Å². The maximum absolute atomic E-state index is 12.6. The van der Waals surface area contributed by atoms with Gasteiger partial charge < -0.3 is 19.7 Å². The Kier molecular flexibility index (Phi) is 6.97. The Balaban J connectivity index is 0.00000242. The van der Waals surface area contributed by atoms with E-state index in [1.54, 1.807) is 26.4 Å². The van der Waals surface area contributed by atoms with Crippen LogP contribution in [0.5, 0.6) is 11.5 Å². The van der Waals surface area contributed by atoms with Crippen LogP contribution in [0, 0.1) is 6.92 Å². The van der Waals surface area contributed by atoms with Crippen molar-refractivity contribution in [2.75, 3.05) is 34.4 Å². The molecule has 1 aromatic rings. The number of ether oxygens (including phenoxy) is 2. The monoisotopic (exact) mass is 328 g/mol. The predicted molar refractivity (Wildman–Crippen MR) is 89.5 cm³/mol. The molecule has 0 unspecified atom stereocenters. The van der Waals surface area contributed by atoms with E-state index in [4.69, 9.17) is 9.47 Å². The third-order valence-electron chi connectivity index (χ3n) is 4.19. The van der Waals surface area contributed by atoms with Crippen LogP contribution in [-0.2, 0) is 0 Å². The van der Waals surface area contributed by atoms with Crippen molar-refractivity contribution in [3.63, 3.8) is 0 Å². The number of likely N-dealkylation sites (tertiary alicyclic amines) is 1. The number of nitrogens with one attached hydrogen (secondary N) is 1. The first-order valence-corrected chi connectivity index (χ1v) is 7.29. The second-order valence-corrected chi connectivity index (χ2v) is 5.36. The van der Waals surface area contributed by atoms with Crippen LogP contribution in [0.3, 0.4) is 0 Å². The van der Waals surface area contributed by atoms with Gasteiger partial charge in [-0.1, -0.05) is 0 Å². The van der Waals surface area contributed by atoms with Crippen molar-refractivity contribution in [1.29, 1.82) is 0 Å². The minimum absolute atomic E-state index is 0. The van der Waals surface area contributed by atoms with E-state index in [0.717, 1.165) is 31.5 Å². The van der Waals surface area contributed by atoms with E-state index in [0.29, 0.717) is 23.1 Å². The molecule has 0 atom stereocenters. The Hall–Kier alpha value is -1.46. The first kappa shape index (κ1) is 18.6. The summed E-state index contributed by atoms with van der Waals surface area (Å²) in [6.45, 7) is 3.48. The van der Waals surface area contributed by atoms with Gasteiger partial charge in [0.1, 0.15) is 11.5 Å². The summed E-state index contributed by atoms with van der Waals surface area (Å²) in [4.78, 5) is 14.5. The molecule has 6 heteroatoms. The Labute approximate surface area is 138 Å². The molecule has 1 aliphatic rings. The molecule has 0 aromatic heterocycles. The third kappa shape index (κ3) is 3.84. The van der Waals surface area contributed by atoms with Crippen molar-refractivity contribution >= 4 is 18.3 Å². The summed E-state index contributed by atoms with van der Waals surface area (Å²) in [5.74, 6) is 1.41. The van der Waals surface area contributed by atoms with Gasteiger partial charge in [0.05, 0.1) is 14.2 Å². The van der Waals surface area contributed by atoms with E-state index in [9.17, 15) is 4.79 Å². The van der Waals surface area contributed by atoms with Crippen molar-refractivity contribution in [3.05, 3.63) is 23.3 Å². The number of halogens is 1. The molecule has 1 N–H and O–H groups in total. The molecule has 0 saturated carbocycles. The van der Waals surface area contributed by atoms with Gasteiger partial charge in [-0.05, 0) is 38.9 Å². The number of amides is 1. The summed E-state index contributed by atoms with van der Waals surface area (Å²) >= 11 is 0. The van der Waals surface area contributed by atoms with E-state index in [2.05, 4.69) is 5.32 Å². The zero-order chi connectivity index (χ0) is 15.4. The normalized spacial score (nSPS) is 15.2. The third-order valence-corrected chi connectivity index (χ3v) is 4.19. The number of benzene rings is 1. The summed E-state index contributed by atoms with van der Waals surface area (Å²) in [5, 5.41) is 3.27. The van der Waals surface area contributed by atoms with E-state index in [1.165, 1.54) is 0 Å². The van der Waals surface area contributed by atoms with Crippen LogP contribution in [0.2, 0.25) is 0 Å². The average Bonchev–Trinajstić information content (AvgIpc) is 2.54. The Morgan fingerprint density at radius 1 is 1.18 bits per heavy atom. The fraction of sp³-hybridized carbons (Fsp3) is 0.562. The van der Waals surface area contributed by atoms with Crippen LogP contribution in [-0.4, -0.2) is 51.2 Å². The molecule has 22 heavy (non-hydrogen) atoms. The quantitative estimate of drug-likeness (QED) is 0.921. The maximum atomic E-state index is 12.6. The smallest absolute Gasteiger partial charge is 0.254 e. The van der Waals surface area contributed by atoms with Gasteiger partial charge in [-0.15, -0.1) is 12.4 Å². The van der Waals surface area contributed by atoms with Crippen molar-refractivity contribution in [2.24, 2.45) is 0 Å². The van der Waals surface area contributed by atoms with Crippen molar-refractivity contribution in [2.45, 2.75) is 25.8 Å². The highest BCUT2D eigenvalue weighted by Gasteiger charge is 2.24. The molecule has 1 amide bonds. The fourth-order valence-corrected chi connectivity index (χ4v) is 2.76. The summed E-state index contributed by atoms with van der Waals surface area (Å²) in [6.07, 6.45) is 1.98. The summed E-state index contributed by atoms with van der Waals surface area (Å²) in [5.41, 5.74) is 1.53. The van der Waals surface area contributed by atoms with Gasteiger partial charge in [0.2, 0.25) is 0 Å².